The first-order valence-corrected chi connectivity index (χ1v) is 22.4. The summed E-state index contributed by atoms with van der Waals surface area (Å²) < 4.78 is 4.00. The van der Waals surface area contributed by atoms with Gasteiger partial charge >= 0.3 is 0 Å². The predicted octanol–water partition coefficient (Wildman–Crippen LogP) is 14.3. The second kappa shape index (κ2) is 16.6. The number of rotatable bonds is 5. The van der Waals surface area contributed by atoms with Crippen LogP contribution in [0.2, 0.25) is 0 Å². The molecular weight excluding hydrogens is 743 g/mol. The summed E-state index contributed by atoms with van der Waals surface area (Å²) in [4.78, 5) is 1.22. The molecule has 2 unspecified atom stereocenters. The Kier molecular flexibility index (Phi) is 11.3. The standard InChI is InChI=1S/C27H28N2.C25H23NS.CH4S/c1-27(2)23-11-7-6-10-19(23)20-15-22-21-14-17(28)12-13-25(21)29(26(22)16-24(20)27)18-8-4-3-5-9-18;1-4-7-12-18-16-17-11-8-9-13-19(17)24-22(26-18)15-14-21-20(10-5-2)23(6-3)27-25(21)24;1-2/h3-4,6-7,10-11,14-16,18H,5,8-9,12-13,28H2,1-2H3;4-15,18,26H,1,3,16H2,2H3;2H,1H3/b;10-5-,12-7-;. The van der Waals surface area contributed by atoms with Gasteiger partial charge in [-0.05, 0) is 115 Å². The van der Waals surface area contributed by atoms with Gasteiger partial charge in [0.25, 0.3) is 0 Å². The van der Waals surface area contributed by atoms with Crippen LogP contribution in [-0.2, 0) is 18.3 Å². The zero-order valence-electron chi connectivity index (χ0n) is 34.3. The number of anilines is 1. The molecule has 0 bridgehead atoms. The Labute approximate surface area is 354 Å². The number of aromatic nitrogens is 1. The monoisotopic (exact) mass is 797 g/mol. The topological polar surface area (TPSA) is 43.0 Å². The van der Waals surface area contributed by atoms with Crippen molar-refractivity contribution in [3.05, 3.63) is 166 Å². The molecule has 58 heavy (non-hydrogen) atoms. The molecule has 294 valence electrons. The van der Waals surface area contributed by atoms with Crippen LogP contribution in [0.1, 0.15) is 90.9 Å². The van der Waals surface area contributed by atoms with Crippen molar-refractivity contribution in [3.63, 3.8) is 0 Å². The third kappa shape index (κ3) is 6.82. The first-order valence-electron chi connectivity index (χ1n) is 20.7. The van der Waals surface area contributed by atoms with Crippen molar-refractivity contribution in [1.29, 1.82) is 0 Å². The highest BCUT2D eigenvalue weighted by Crippen LogP contribution is 2.52. The van der Waals surface area contributed by atoms with E-state index in [0.29, 0.717) is 6.04 Å². The van der Waals surface area contributed by atoms with Crippen LogP contribution >= 0.6 is 24.0 Å². The molecule has 5 heteroatoms. The molecule has 3 nitrogen and oxygen atoms in total. The van der Waals surface area contributed by atoms with Crippen molar-refractivity contribution in [2.24, 2.45) is 5.73 Å². The number of thiophene rings is 1. The molecule has 3 heterocycles. The van der Waals surface area contributed by atoms with E-state index in [0.717, 1.165) is 31.4 Å². The lowest BCUT2D eigenvalue weighted by atomic mass is 9.82. The SMILES string of the molecule is C=C/C=C\C1Cc2ccccc2-c2c(ccc3c(/C=C\C)c(C=C)sc23)N1.CC1(C)c2ccccc2-c2cc3c4c(n(C5CC=CCC5)c3cc21)CCC(N)=C4.CS. The molecule has 6 aromatic rings. The van der Waals surface area contributed by atoms with E-state index in [9.17, 15) is 0 Å². The van der Waals surface area contributed by atoms with E-state index in [1.807, 2.05) is 29.6 Å². The number of fused-ring (bicyclic) bond motifs is 11. The summed E-state index contributed by atoms with van der Waals surface area (Å²) in [5.74, 6) is 0. The van der Waals surface area contributed by atoms with Gasteiger partial charge in [0.1, 0.15) is 0 Å². The molecule has 3 N–H and O–H groups in total. The van der Waals surface area contributed by atoms with Crippen LogP contribution in [0.15, 0.2) is 128 Å². The zero-order valence-corrected chi connectivity index (χ0v) is 36.0. The Bertz CT molecular complexity index is 2680. The van der Waals surface area contributed by atoms with Gasteiger partial charge in [-0.15, -0.1) is 11.3 Å². The fourth-order valence-corrected chi connectivity index (χ4v) is 11.0. The largest absolute Gasteiger partial charge is 0.402 e. The van der Waals surface area contributed by atoms with E-state index in [2.05, 4.69) is 166 Å². The lowest BCUT2D eigenvalue weighted by Gasteiger charge is -2.26. The third-order valence-electron chi connectivity index (χ3n) is 12.4. The molecule has 0 saturated carbocycles. The number of nitrogens with two attached hydrogens (primary N) is 1. The zero-order chi connectivity index (χ0) is 40.6. The van der Waals surface area contributed by atoms with E-state index < -0.39 is 0 Å². The van der Waals surface area contributed by atoms with Gasteiger partial charge in [-0.25, -0.2) is 0 Å². The molecule has 0 amide bonds. The van der Waals surface area contributed by atoms with E-state index in [-0.39, 0.29) is 11.5 Å². The normalized spacial score (nSPS) is 18.4. The van der Waals surface area contributed by atoms with Crippen molar-refractivity contribution in [3.8, 4) is 22.3 Å². The number of benzene rings is 4. The summed E-state index contributed by atoms with van der Waals surface area (Å²) >= 11 is 5.35. The minimum atomic E-state index is 0.0387. The number of hydrogen-bond acceptors (Lipinski definition) is 4. The van der Waals surface area contributed by atoms with Gasteiger partial charge in [0.05, 0.1) is 0 Å². The van der Waals surface area contributed by atoms with E-state index in [1.165, 1.54) is 100 Å². The van der Waals surface area contributed by atoms with Gasteiger partial charge in [0.15, 0.2) is 0 Å². The van der Waals surface area contributed by atoms with Crippen LogP contribution in [0.25, 0.3) is 61.5 Å². The fourth-order valence-electron chi connectivity index (χ4n) is 9.78. The van der Waals surface area contributed by atoms with Crippen LogP contribution in [0.5, 0.6) is 0 Å². The number of nitrogens with one attached hydrogen (secondary N) is 1. The molecule has 2 aromatic heterocycles. The minimum Gasteiger partial charge on any atom is -0.402 e. The molecule has 10 rings (SSSR count). The molecular formula is C53H55N3S2. The Balaban J connectivity index is 0.000000156. The van der Waals surface area contributed by atoms with E-state index in [4.69, 9.17) is 5.73 Å². The lowest BCUT2D eigenvalue weighted by Crippen LogP contribution is -2.18. The van der Waals surface area contributed by atoms with Gasteiger partial charge < -0.3 is 15.6 Å². The molecule has 0 radical (unpaired) electrons. The van der Waals surface area contributed by atoms with E-state index >= 15 is 0 Å². The summed E-state index contributed by atoms with van der Waals surface area (Å²) in [6, 6.07) is 27.9. The fraction of sp³-hybridized carbons (Fsp3) is 0.245. The Hall–Kier alpha value is -5.23. The summed E-state index contributed by atoms with van der Waals surface area (Å²) in [6.45, 7) is 14.6. The second-order valence-electron chi connectivity index (χ2n) is 16.2. The number of hydrogen-bond donors (Lipinski definition) is 3. The predicted molar refractivity (Wildman–Crippen MR) is 259 cm³/mol. The number of thiol groups is 1. The molecule has 0 spiro atoms. The first kappa shape index (κ1) is 39.6. The van der Waals surface area contributed by atoms with Gasteiger partial charge in [-0.2, -0.15) is 12.6 Å². The van der Waals surface area contributed by atoms with Gasteiger partial charge in [-0.1, -0.05) is 130 Å². The van der Waals surface area contributed by atoms with Gasteiger partial charge in [-0.3, -0.25) is 0 Å². The number of nitrogens with zero attached hydrogens (tertiary/aromatic N) is 1. The summed E-state index contributed by atoms with van der Waals surface area (Å²) in [5.41, 5.74) is 23.8. The van der Waals surface area contributed by atoms with Crippen molar-refractivity contribution < 1.29 is 0 Å². The highest BCUT2D eigenvalue weighted by atomic mass is 32.1. The highest BCUT2D eigenvalue weighted by molar-refractivity contribution is 7.79. The Morgan fingerprint density at radius 3 is 2.47 bits per heavy atom. The maximum atomic E-state index is 6.30. The van der Waals surface area contributed by atoms with Crippen molar-refractivity contribution >= 4 is 68.9 Å². The summed E-state index contributed by atoms with van der Waals surface area (Å²) in [6.07, 6.45) is 27.5. The van der Waals surface area contributed by atoms with E-state index in [1.54, 1.807) is 6.26 Å². The maximum Gasteiger partial charge on any atom is 0.0495 e. The smallest absolute Gasteiger partial charge is 0.0495 e. The van der Waals surface area contributed by atoms with Crippen molar-refractivity contribution in [1.82, 2.24) is 4.57 Å². The molecule has 2 atom stereocenters. The average molecular weight is 798 g/mol. The molecule has 4 aromatic carbocycles. The van der Waals surface area contributed by atoms with Crippen LogP contribution < -0.4 is 11.1 Å². The van der Waals surface area contributed by atoms with Crippen LogP contribution in [0.4, 0.5) is 5.69 Å². The van der Waals surface area contributed by atoms with Gasteiger partial charge in [0, 0.05) is 71.6 Å². The molecule has 3 aliphatic carbocycles. The Morgan fingerprint density at radius 1 is 0.914 bits per heavy atom. The molecule has 1 aliphatic heterocycles. The molecule has 4 aliphatic rings. The average Bonchev–Trinajstić information content (AvgIpc) is 3.80. The third-order valence-corrected chi connectivity index (χ3v) is 13.7. The minimum absolute atomic E-state index is 0.0387. The van der Waals surface area contributed by atoms with Crippen LogP contribution in [0.3, 0.4) is 0 Å². The molecule has 0 fully saturated rings. The second-order valence-corrected chi connectivity index (χ2v) is 17.2. The Morgan fingerprint density at radius 2 is 1.71 bits per heavy atom. The van der Waals surface area contributed by atoms with Crippen molar-refractivity contribution in [2.75, 3.05) is 11.6 Å². The van der Waals surface area contributed by atoms with Crippen molar-refractivity contribution in [2.45, 2.75) is 76.8 Å². The lowest BCUT2D eigenvalue weighted by molar-refractivity contribution is 0.459. The highest BCUT2D eigenvalue weighted by Gasteiger charge is 2.37. The van der Waals surface area contributed by atoms with Crippen LogP contribution in [0, 0.1) is 0 Å². The van der Waals surface area contributed by atoms with Gasteiger partial charge in [0.2, 0.25) is 0 Å². The maximum absolute atomic E-state index is 6.30. The quantitative estimate of drug-likeness (QED) is 0.0924. The molecule has 0 saturated heterocycles. The summed E-state index contributed by atoms with van der Waals surface area (Å²) in [5, 5.41) is 6.41. The van der Waals surface area contributed by atoms with Crippen LogP contribution in [-0.4, -0.2) is 16.9 Å². The number of allylic oxidation sites excluding steroid dienone is 6. The first-order chi connectivity index (χ1) is 28.3. The summed E-state index contributed by atoms with van der Waals surface area (Å²) in [7, 11) is 0.